The van der Waals surface area contributed by atoms with E-state index in [1.165, 1.54) is 6.26 Å². The lowest BCUT2D eigenvalue weighted by Gasteiger charge is -2.07. The fourth-order valence-corrected chi connectivity index (χ4v) is 1.31. The number of halogens is 3. The molecule has 0 amide bonds. The molecule has 15 heavy (non-hydrogen) atoms. The van der Waals surface area contributed by atoms with Crippen LogP contribution in [0.3, 0.4) is 0 Å². The Morgan fingerprint density at radius 3 is 2.47 bits per heavy atom. The first-order chi connectivity index (χ1) is 6.84. The van der Waals surface area contributed by atoms with Crippen molar-refractivity contribution in [1.82, 2.24) is 4.98 Å². The summed E-state index contributed by atoms with van der Waals surface area (Å²) in [4.78, 5) is 13.8. The van der Waals surface area contributed by atoms with E-state index in [0.29, 0.717) is 6.07 Å². The first-order valence-corrected chi connectivity index (χ1v) is 4.93. The summed E-state index contributed by atoms with van der Waals surface area (Å²) in [6.07, 6.45) is -3.11. The van der Waals surface area contributed by atoms with Crippen molar-refractivity contribution in [3.63, 3.8) is 0 Å². The number of carboxylic acids is 1. The normalized spacial score (nSPS) is 11.5. The molecule has 0 aliphatic heterocycles. The summed E-state index contributed by atoms with van der Waals surface area (Å²) in [7, 11) is 0. The van der Waals surface area contributed by atoms with Gasteiger partial charge in [-0.1, -0.05) is 0 Å². The number of hydrogen-bond donors (Lipinski definition) is 1. The highest BCUT2D eigenvalue weighted by Crippen LogP contribution is 2.30. The number of rotatable bonds is 2. The Kier molecular flexibility index (Phi) is 3.23. The molecule has 3 nitrogen and oxygen atoms in total. The molecule has 1 heterocycles. The van der Waals surface area contributed by atoms with Crippen molar-refractivity contribution in [2.75, 3.05) is 6.26 Å². The van der Waals surface area contributed by atoms with E-state index in [2.05, 4.69) is 4.98 Å². The molecule has 0 bridgehead atoms. The van der Waals surface area contributed by atoms with Gasteiger partial charge in [-0.15, -0.1) is 11.8 Å². The molecule has 82 valence electrons. The molecule has 1 rings (SSSR count). The van der Waals surface area contributed by atoms with Crippen molar-refractivity contribution >= 4 is 17.7 Å². The molecule has 0 radical (unpaired) electrons. The van der Waals surface area contributed by atoms with Crippen LogP contribution in [-0.4, -0.2) is 22.3 Å². The standard InChI is InChI=1S/C8H6F3NO2S/c1-15-6-3-4(7(13)14)2-5(12-6)8(9,10)11/h2-3H,1H3,(H,13,14). The quantitative estimate of drug-likeness (QED) is 0.803. The lowest BCUT2D eigenvalue weighted by molar-refractivity contribution is -0.141. The van der Waals surface area contributed by atoms with Crippen LogP contribution in [0.25, 0.3) is 0 Å². The Hall–Kier alpha value is -1.24. The van der Waals surface area contributed by atoms with Gasteiger partial charge in [0.2, 0.25) is 0 Å². The van der Waals surface area contributed by atoms with Crippen LogP contribution < -0.4 is 0 Å². The number of aromatic carboxylic acids is 1. The molecule has 0 aliphatic carbocycles. The van der Waals surface area contributed by atoms with E-state index in [4.69, 9.17) is 5.11 Å². The minimum Gasteiger partial charge on any atom is -0.478 e. The van der Waals surface area contributed by atoms with Crippen molar-refractivity contribution < 1.29 is 23.1 Å². The summed E-state index contributed by atoms with van der Waals surface area (Å²) in [6, 6.07) is 1.62. The van der Waals surface area contributed by atoms with Gasteiger partial charge < -0.3 is 5.11 Å². The highest BCUT2D eigenvalue weighted by Gasteiger charge is 2.33. The zero-order valence-corrected chi connectivity index (χ0v) is 8.32. The lowest BCUT2D eigenvalue weighted by atomic mass is 10.2. The summed E-state index contributed by atoms with van der Waals surface area (Å²) in [6.45, 7) is 0. The topological polar surface area (TPSA) is 50.2 Å². The molecule has 0 aromatic carbocycles. The molecule has 0 aliphatic rings. The summed E-state index contributed by atoms with van der Waals surface area (Å²) in [5.74, 6) is -1.40. The Morgan fingerprint density at radius 2 is 2.07 bits per heavy atom. The van der Waals surface area contributed by atoms with E-state index in [9.17, 15) is 18.0 Å². The SMILES string of the molecule is CSc1cc(C(=O)O)cc(C(F)(F)F)n1. The number of aromatic nitrogens is 1. The van der Waals surface area contributed by atoms with Crippen LogP contribution in [0.1, 0.15) is 16.1 Å². The van der Waals surface area contributed by atoms with Crippen LogP contribution >= 0.6 is 11.8 Å². The fourth-order valence-electron chi connectivity index (χ4n) is 0.879. The molecule has 0 spiro atoms. The largest absolute Gasteiger partial charge is 0.478 e. The van der Waals surface area contributed by atoms with Gasteiger partial charge in [0, 0.05) is 0 Å². The van der Waals surface area contributed by atoms with E-state index < -0.39 is 23.4 Å². The zero-order valence-electron chi connectivity index (χ0n) is 7.50. The maximum Gasteiger partial charge on any atom is 0.433 e. The third kappa shape index (κ3) is 2.85. The predicted molar refractivity (Wildman–Crippen MR) is 48.0 cm³/mol. The second-order valence-electron chi connectivity index (χ2n) is 2.59. The number of carboxylic acid groups (broad SMARTS) is 1. The van der Waals surface area contributed by atoms with Gasteiger partial charge in [0.15, 0.2) is 0 Å². The fraction of sp³-hybridized carbons (Fsp3) is 0.250. The molecule has 7 heteroatoms. The van der Waals surface area contributed by atoms with Gasteiger partial charge in [0.1, 0.15) is 5.69 Å². The highest BCUT2D eigenvalue weighted by atomic mass is 32.2. The molecule has 0 saturated carbocycles. The first kappa shape index (κ1) is 11.8. The van der Waals surface area contributed by atoms with Gasteiger partial charge in [0.25, 0.3) is 0 Å². The minimum atomic E-state index is -4.63. The average molecular weight is 237 g/mol. The molecule has 1 N–H and O–H groups in total. The summed E-state index contributed by atoms with van der Waals surface area (Å²) in [5, 5.41) is 8.62. The number of pyridine rings is 1. The number of alkyl halides is 3. The van der Waals surface area contributed by atoms with Crippen LogP contribution in [0.2, 0.25) is 0 Å². The number of thioether (sulfide) groups is 1. The monoisotopic (exact) mass is 237 g/mol. The highest BCUT2D eigenvalue weighted by molar-refractivity contribution is 7.98. The van der Waals surface area contributed by atoms with E-state index in [1.54, 1.807) is 0 Å². The van der Waals surface area contributed by atoms with Crippen LogP contribution in [0.4, 0.5) is 13.2 Å². The Morgan fingerprint density at radius 1 is 1.47 bits per heavy atom. The van der Waals surface area contributed by atoms with Crippen LogP contribution in [0.15, 0.2) is 17.2 Å². The van der Waals surface area contributed by atoms with Crippen molar-refractivity contribution in [2.24, 2.45) is 0 Å². The number of nitrogens with zero attached hydrogens (tertiary/aromatic N) is 1. The molecular weight excluding hydrogens is 231 g/mol. The van der Waals surface area contributed by atoms with Crippen molar-refractivity contribution in [3.05, 3.63) is 23.4 Å². The van der Waals surface area contributed by atoms with Gasteiger partial charge >= 0.3 is 12.1 Å². The van der Waals surface area contributed by atoms with E-state index in [0.717, 1.165) is 17.8 Å². The second-order valence-corrected chi connectivity index (χ2v) is 3.41. The van der Waals surface area contributed by atoms with Gasteiger partial charge in [-0.2, -0.15) is 13.2 Å². The average Bonchev–Trinajstić information content (AvgIpc) is 2.15. The first-order valence-electron chi connectivity index (χ1n) is 3.71. The van der Waals surface area contributed by atoms with Crippen LogP contribution in [0, 0.1) is 0 Å². The van der Waals surface area contributed by atoms with E-state index in [1.807, 2.05) is 0 Å². The third-order valence-corrected chi connectivity index (χ3v) is 2.18. The van der Waals surface area contributed by atoms with E-state index >= 15 is 0 Å². The summed E-state index contributed by atoms with van der Waals surface area (Å²) in [5.41, 5.74) is -1.60. The predicted octanol–water partition coefficient (Wildman–Crippen LogP) is 2.52. The third-order valence-electron chi connectivity index (χ3n) is 1.55. The zero-order chi connectivity index (χ0) is 11.6. The van der Waals surface area contributed by atoms with Crippen molar-refractivity contribution in [3.8, 4) is 0 Å². The Bertz CT molecular complexity index is 392. The summed E-state index contributed by atoms with van der Waals surface area (Å²) < 4.78 is 36.8. The minimum absolute atomic E-state index is 0.0298. The van der Waals surface area contributed by atoms with Crippen LogP contribution in [0.5, 0.6) is 0 Å². The van der Waals surface area contributed by atoms with Gasteiger partial charge in [-0.25, -0.2) is 9.78 Å². The van der Waals surface area contributed by atoms with Gasteiger partial charge in [-0.3, -0.25) is 0 Å². The molecule has 0 atom stereocenters. The van der Waals surface area contributed by atoms with Crippen molar-refractivity contribution in [1.29, 1.82) is 0 Å². The Labute approximate surface area is 87.3 Å². The molecule has 1 aromatic heterocycles. The molecule has 0 fully saturated rings. The maximum absolute atomic E-state index is 12.3. The van der Waals surface area contributed by atoms with Gasteiger partial charge in [-0.05, 0) is 18.4 Å². The van der Waals surface area contributed by atoms with Crippen molar-refractivity contribution in [2.45, 2.75) is 11.2 Å². The smallest absolute Gasteiger partial charge is 0.433 e. The van der Waals surface area contributed by atoms with Crippen LogP contribution in [-0.2, 0) is 6.18 Å². The maximum atomic E-state index is 12.3. The van der Waals surface area contributed by atoms with Gasteiger partial charge in [0.05, 0.1) is 10.6 Å². The lowest BCUT2D eigenvalue weighted by Crippen LogP contribution is -2.10. The second kappa shape index (κ2) is 4.09. The molecular formula is C8H6F3NO2S. The number of carbonyl (C=O) groups is 1. The number of hydrogen-bond acceptors (Lipinski definition) is 3. The Balaban J connectivity index is 3.30. The molecule has 0 unspecified atom stereocenters. The molecule has 0 saturated heterocycles. The summed E-state index contributed by atoms with van der Waals surface area (Å²) >= 11 is 0.956. The molecule has 1 aromatic rings. The van der Waals surface area contributed by atoms with E-state index in [-0.39, 0.29) is 5.03 Å².